The fraction of sp³-hybridized carbons (Fsp3) is 0.208. The summed E-state index contributed by atoms with van der Waals surface area (Å²) in [7, 11) is -4.02. The number of carbonyl (C=O) groups is 1. The van der Waals surface area contributed by atoms with Gasteiger partial charge in [0.05, 0.1) is 5.02 Å². The number of sulfonamides is 1. The number of anilines is 1. The molecule has 0 saturated carbocycles. The first-order valence-electron chi connectivity index (χ1n) is 10.3. The average molecular weight is 541 g/mol. The lowest BCUT2D eigenvalue weighted by atomic mass is 10.1. The summed E-state index contributed by atoms with van der Waals surface area (Å²) in [4.78, 5) is 12.4. The van der Waals surface area contributed by atoms with Gasteiger partial charge in [0.1, 0.15) is 10.7 Å². The van der Waals surface area contributed by atoms with Gasteiger partial charge in [0.15, 0.2) is 0 Å². The van der Waals surface area contributed by atoms with Crippen LogP contribution in [0.2, 0.25) is 10.0 Å². The molecule has 3 rings (SSSR count). The predicted molar refractivity (Wildman–Crippen MR) is 138 cm³/mol. The van der Waals surface area contributed by atoms with Crippen molar-refractivity contribution in [2.45, 2.75) is 24.5 Å². The Balaban J connectivity index is 1.62. The third-order valence-electron chi connectivity index (χ3n) is 4.80. The molecule has 0 unspecified atom stereocenters. The molecule has 0 heterocycles. The second kappa shape index (κ2) is 11.4. The van der Waals surface area contributed by atoms with Crippen molar-refractivity contribution in [3.05, 3.63) is 92.7 Å². The SMILES string of the molecule is Cc1cc(C)cc(NS(=O)(=O)c2cc(C(=O)NCCSCc3c(F)cccc3Cl)ccc2Cl)c1. The van der Waals surface area contributed by atoms with Gasteiger partial charge in [-0.05, 0) is 67.4 Å². The predicted octanol–water partition coefficient (Wildman–Crippen LogP) is 6.21. The Kier molecular flexibility index (Phi) is 8.87. The molecule has 10 heteroatoms. The fourth-order valence-electron chi connectivity index (χ4n) is 3.28. The molecule has 0 fully saturated rings. The van der Waals surface area contributed by atoms with Crippen LogP contribution >= 0.6 is 35.0 Å². The molecule has 0 atom stereocenters. The van der Waals surface area contributed by atoms with E-state index in [4.69, 9.17) is 23.2 Å². The van der Waals surface area contributed by atoms with Crippen molar-refractivity contribution in [3.63, 3.8) is 0 Å². The lowest BCUT2D eigenvalue weighted by Gasteiger charge is -2.12. The van der Waals surface area contributed by atoms with E-state index in [0.717, 1.165) is 11.1 Å². The highest BCUT2D eigenvalue weighted by atomic mass is 35.5. The molecule has 0 aromatic heterocycles. The lowest BCUT2D eigenvalue weighted by Crippen LogP contribution is -2.26. The van der Waals surface area contributed by atoms with E-state index in [9.17, 15) is 17.6 Å². The number of benzene rings is 3. The zero-order chi connectivity index (χ0) is 24.9. The van der Waals surface area contributed by atoms with Crippen LogP contribution in [0.3, 0.4) is 0 Å². The molecule has 0 bridgehead atoms. The summed E-state index contributed by atoms with van der Waals surface area (Å²) in [5.41, 5.74) is 2.81. The largest absolute Gasteiger partial charge is 0.351 e. The Hall–Kier alpha value is -2.26. The van der Waals surface area contributed by atoms with Gasteiger partial charge in [-0.2, -0.15) is 11.8 Å². The smallest absolute Gasteiger partial charge is 0.263 e. The van der Waals surface area contributed by atoms with Gasteiger partial charge in [0.2, 0.25) is 0 Å². The van der Waals surface area contributed by atoms with Crippen molar-refractivity contribution in [3.8, 4) is 0 Å². The zero-order valence-corrected chi connectivity index (χ0v) is 21.6. The molecule has 2 N–H and O–H groups in total. The van der Waals surface area contributed by atoms with Crippen LogP contribution in [-0.4, -0.2) is 26.6 Å². The quantitative estimate of drug-likeness (QED) is 0.316. The number of nitrogens with one attached hydrogen (secondary N) is 2. The first kappa shape index (κ1) is 26.3. The average Bonchev–Trinajstić information content (AvgIpc) is 2.74. The van der Waals surface area contributed by atoms with Crippen LogP contribution in [0.25, 0.3) is 0 Å². The molecule has 0 saturated heterocycles. The normalized spacial score (nSPS) is 11.3. The van der Waals surface area contributed by atoms with Crippen molar-refractivity contribution in [2.24, 2.45) is 0 Å². The summed E-state index contributed by atoms with van der Waals surface area (Å²) in [6.45, 7) is 4.04. The van der Waals surface area contributed by atoms with Gasteiger partial charge in [-0.15, -0.1) is 0 Å². The number of hydrogen-bond acceptors (Lipinski definition) is 4. The fourth-order valence-corrected chi connectivity index (χ4v) is 6.04. The van der Waals surface area contributed by atoms with Crippen LogP contribution in [0.1, 0.15) is 27.0 Å². The molecule has 0 aliphatic heterocycles. The number of hydrogen-bond donors (Lipinski definition) is 2. The highest BCUT2D eigenvalue weighted by molar-refractivity contribution is 7.98. The van der Waals surface area contributed by atoms with E-state index in [1.54, 1.807) is 24.3 Å². The Morgan fingerprint density at radius 1 is 1.00 bits per heavy atom. The second-order valence-corrected chi connectivity index (χ2v) is 11.2. The maximum atomic E-state index is 13.8. The summed E-state index contributed by atoms with van der Waals surface area (Å²) in [5.74, 6) is 0.0792. The van der Waals surface area contributed by atoms with Crippen LogP contribution in [0, 0.1) is 19.7 Å². The summed E-state index contributed by atoms with van der Waals surface area (Å²) in [6, 6.07) is 14.0. The lowest BCUT2D eigenvalue weighted by molar-refractivity contribution is 0.0956. The van der Waals surface area contributed by atoms with Crippen LogP contribution < -0.4 is 10.0 Å². The Bertz CT molecular complexity index is 1280. The highest BCUT2D eigenvalue weighted by Gasteiger charge is 2.21. The molecule has 1 amide bonds. The monoisotopic (exact) mass is 540 g/mol. The van der Waals surface area contributed by atoms with E-state index in [1.807, 2.05) is 19.9 Å². The molecule has 0 spiro atoms. The number of amides is 1. The Morgan fingerprint density at radius 2 is 1.71 bits per heavy atom. The molecule has 3 aromatic carbocycles. The Labute approximate surface area is 213 Å². The van der Waals surface area contributed by atoms with Crippen molar-refractivity contribution < 1.29 is 17.6 Å². The van der Waals surface area contributed by atoms with Gasteiger partial charge in [0, 0.05) is 39.9 Å². The van der Waals surface area contributed by atoms with E-state index in [-0.39, 0.29) is 21.3 Å². The Morgan fingerprint density at radius 3 is 2.38 bits per heavy atom. The van der Waals surface area contributed by atoms with Gasteiger partial charge >= 0.3 is 0 Å². The minimum atomic E-state index is -4.02. The van der Waals surface area contributed by atoms with Crippen LogP contribution in [0.5, 0.6) is 0 Å². The van der Waals surface area contributed by atoms with Crippen LogP contribution in [0.4, 0.5) is 10.1 Å². The first-order chi connectivity index (χ1) is 16.1. The molecule has 0 aliphatic carbocycles. The van der Waals surface area contributed by atoms with E-state index in [1.165, 1.54) is 36.0 Å². The maximum Gasteiger partial charge on any atom is 0.263 e. The third kappa shape index (κ3) is 6.88. The summed E-state index contributed by atoms with van der Waals surface area (Å²) >= 11 is 13.6. The van der Waals surface area contributed by atoms with Crippen molar-refractivity contribution >= 4 is 56.6 Å². The number of carbonyl (C=O) groups excluding carboxylic acids is 1. The van der Waals surface area contributed by atoms with E-state index in [0.29, 0.717) is 34.3 Å². The van der Waals surface area contributed by atoms with Crippen LogP contribution in [-0.2, 0) is 15.8 Å². The molecule has 0 radical (unpaired) electrons. The maximum absolute atomic E-state index is 13.8. The van der Waals surface area contributed by atoms with Crippen molar-refractivity contribution in [1.82, 2.24) is 5.32 Å². The molecule has 34 heavy (non-hydrogen) atoms. The van der Waals surface area contributed by atoms with E-state index >= 15 is 0 Å². The van der Waals surface area contributed by atoms with Crippen molar-refractivity contribution in [1.29, 1.82) is 0 Å². The summed E-state index contributed by atoms with van der Waals surface area (Å²) in [6.07, 6.45) is 0. The number of aryl methyl sites for hydroxylation is 2. The molecular weight excluding hydrogens is 518 g/mol. The zero-order valence-electron chi connectivity index (χ0n) is 18.5. The topological polar surface area (TPSA) is 75.3 Å². The minimum Gasteiger partial charge on any atom is -0.351 e. The van der Waals surface area contributed by atoms with Crippen molar-refractivity contribution in [2.75, 3.05) is 17.0 Å². The molecule has 3 aromatic rings. The standard InChI is InChI=1S/C24H23Cl2FN2O3S2/c1-15-10-16(2)12-18(11-15)29-34(31,32)23-13-17(6-7-21(23)26)24(30)28-8-9-33-14-19-20(25)4-3-5-22(19)27/h3-7,10-13,29H,8-9,14H2,1-2H3,(H,28,30). The van der Waals surface area contributed by atoms with E-state index in [2.05, 4.69) is 10.0 Å². The van der Waals surface area contributed by atoms with Gasteiger partial charge < -0.3 is 5.32 Å². The van der Waals surface area contributed by atoms with Crippen LogP contribution in [0.15, 0.2) is 59.5 Å². The second-order valence-electron chi connectivity index (χ2n) is 7.64. The molecule has 180 valence electrons. The molecule has 5 nitrogen and oxygen atoms in total. The molecule has 0 aliphatic rings. The highest BCUT2D eigenvalue weighted by Crippen LogP contribution is 2.26. The third-order valence-corrected chi connectivity index (χ3v) is 8.00. The van der Waals surface area contributed by atoms with Gasteiger partial charge in [0.25, 0.3) is 15.9 Å². The minimum absolute atomic E-state index is 0.00532. The van der Waals surface area contributed by atoms with Gasteiger partial charge in [-0.1, -0.05) is 35.3 Å². The first-order valence-corrected chi connectivity index (χ1v) is 13.7. The molecular formula is C24H23Cl2FN2O3S2. The van der Waals surface area contributed by atoms with E-state index < -0.39 is 15.9 Å². The van der Waals surface area contributed by atoms with Gasteiger partial charge in [-0.25, -0.2) is 12.8 Å². The number of halogens is 3. The number of rotatable bonds is 9. The van der Waals surface area contributed by atoms with Gasteiger partial charge in [-0.3, -0.25) is 9.52 Å². The number of thioether (sulfide) groups is 1. The summed E-state index contributed by atoms with van der Waals surface area (Å²) < 4.78 is 42.2. The summed E-state index contributed by atoms with van der Waals surface area (Å²) in [5, 5.41) is 3.10.